The summed E-state index contributed by atoms with van der Waals surface area (Å²) < 4.78 is 10.8. The van der Waals surface area contributed by atoms with E-state index in [-0.39, 0.29) is 0 Å². The molecule has 1 aromatic rings. The first-order chi connectivity index (χ1) is 9.67. The molecule has 1 N–H and O–H groups in total. The maximum Gasteiger partial charge on any atom is 0.161 e. The lowest BCUT2D eigenvalue weighted by atomic mass is 9.98. The van der Waals surface area contributed by atoms with Crippen molar-refractivity contribution in [2.24, 2.45) is 5.92 Å². The minimum Gasteiger partial charge on any atom is -0.493 e. The Labute approximate surface area is 122 Å². The first-order valence-electron chi connectivity index (χ1n) is 7.28. The topological polar surface area (TPSA) is 33.7 Å². The Hall–Kier alpha value is -1.26. The molecule has 0 bridgehead atoms. The molecule has 20 heavy (non-hydrogen) atoms. The Morgan fingerprint density at radius 2 is 1.85 bits per heavy atom. The van der Waals surface area contributed by atoms with Crippen LogP contribution >= 0.6 is 0 Å². The molecule has 0 saturated carbocycles. The maximum absolute atomic E-state index is 5.40. The van der Waals surface area contributed by atoms with Crippen LogP contribution in [0, 0.1) is 5.92 Å². The van der Waals surface area contributed by atoms with Gasteiger partial charge >= 0.3 is 0 Å². The molecule has 0 aliphatic carbocycles. The maximum atomic E-state index is 5.40. The second kappa shape index (κ2) is 6.95. The van der Waals surface area contributed by atoms with Gasteiger partial charge in [0.05, 0.1) is 14.2 Å². The molecule has 0 saturated heterocycles. The zero-order valence-electron chi connectivity index (χ0n) is 13.0. The quantitative estimate of drug-likeness (QED) is 0.862. The largest absolute Gasteiger partial charge is 0.493 e. The SMILES string of the molecule is CNCC(C)CN1CCc2cc(OC)c(OC)cc2C1. The molecule has 2 rings (SSSR count). The number of benzene rings is 1. The molecule has 0 radical (unpaired) electrons. The van der Waals surface area contributed by atoms with Gasteiger partial charge in [-0.25, -0.2) is 0 Å². The van der Waals surface area contributed by atoms with Crippen molar-refractivity contribution in [1.82, 2.24) is 10.2 Å². The van der Waals surface area contributed by atoms with Crippen LogP contribution in [0.15, 0.2) is 12.1 Å². The number of ether oxygens (including phenoxy) is 2. The molecule has 4 heteroatoms. The first-order valence-corrected chi connectivity index (χ1v) is 7.28. The molecule has 1 aliphatic heterocycles. The fourth-order valence-corrected chi connectivity index (χ4v) is 2.95. The summed E-state index contributed by atoms with van der Waals surface area (Å²) in [5, 5.41) is 3.25. The number of hydrogen-bond donors (Lipinski definition) is 1. The minimum atomic E-state index is 0.668. The summed E-state index contributed by atoms with van der Waals surface area (Å²) in [6.07, 6.45) is 1.09. The third kappa shape index (κ3) is 3.44. The van der Waals surface area contributed by atoms with E-state index in [0.29, 0.717) is 5.92 Å². The van der Waals surface area contributed by atoms with E-state index in [0.717, 1.165) is 44.1 Å². The van der Waals surface area contributed by atoms with Crippen LogP contribution in [0.1, 0.15) is 18.1 Å². The molecule has 4 nitrogen and oxygen atoms in total. The number of hydrogen-bond acceptors (Lipinski definition) is 4. The van der Waals surface area contributed by atoms with Gasteiger partial charge in [0.2, 0.25) is 0 Å². The Kier molecular flexibility index (Phi) is 5.26. The van der Waals surface area contributed by atoms with Crippen molar-refractivity contribution in [1.29, 1.82) is 0 Å². The van der Waals surface area contributed by atoms with E-state index in [1.165, 1.54) is 11.1 Å². The van der Waals surface area contributed by atoms with Crippen molar-refractivity contribution >= 4 is 0 Å². The summed E-state index contributed by atoms with van der Waals surface area (Å²) in [6, 6.07) is 4.26. The second-order valence-corrected chi connectivity index (χ2v) is 5.62. The van der Waals surface area contributed by atoms with Crippen molar-refractivity contribution in [3.8, 4) is 11.5 Å². The number of rotatable bonds is 6. The summed E-state index contributed by atoms with van der Waals surface area (Å²) in [5.41, 5.74) is 2.76. The summed E-state index contributed by atoms with van der Waals surface area (Å²) >= 11 is 0. The fourth-order valence-electron chi connectivity index (χ4n) is 2.95. The highest BCUT2D eigenvalue weighted by atomic mass is 16.5. The molecule has 0 fully saturated rings. The van der Waals surface area contributed by atoms with E-state index in [4.69, 9.17) is 9.47 Å². The molecule has 0 spiro atoms. The molecule has 1 aromatic carbocycles. The smallest absolute Gasteiger partial charge is 0.161 e. The molecular weight excluding hydrogens is 252 g/mol. The summed E-state index contributed by atoms with van der Waals surface area (Å²) in [5.74, 6) is 2.33. The number of nitrogens with one attached hydrogen (secondary N) is 1. The Balaban J connectivity index is 2.09. The predicted octanol–water partition coefficient (Wildman–Crippen LogP) is 1.92. The van der Waals surface area contributed by atoms with Crippen molar-refractivity contribution in [3.63, 3.8) is 0 Å². The van der Waals surface area contributed by atoms with Gasteiger partial charge in [-0.2, -0.15) is 0 Å². The molecule has 1 atom stereocenters. The van der Waals surface area contributed by atoms with Gasteiger partial charge in [-0.1, -0.05) is 6.92 Å². The van der Waals surface area contributed by atoms with E-state index in [1.54, 1.807) is 14.2 Å². The highest BCUT2D eigenvalue weighted by Gasteiger charge is 2.20. The van der Waals surface area contributed by atoms with Gasteiger partial charge in [-0.05, 0) is 49.2 Å². The van der Waals surface area contributed by atoms with E-state index in [1.807, 2.05) is 7.05 Å². The van der Waals surface area contributed by atoms with Crippen LogP contribution in [0.5, 0.6) is 11.5 Å². The van der Waals surface area contributed by atoms with E-state index < -0.39 is 0 Å². The Morgan fingerprint density at radius 3 is 2.45 bits per heavy atom. The predicted molar refractivity (Wildman–Crippen MR) is 81.6 cm³/mol. The Bertz CT molecular complexity index is 448. The van der Waals surface area contributed by atoms with Crippen molar-refractivity contribution in [2.75, 3.05) is 40.9 Å². The number of fused-ring (bicyclic) bond motifs is 1. The second-order valence-electron chi connectivity index (χ2n) is 5.62. The molecule has 112 valence electrons. The van der Waals surface area contributed by atoms with E-state index >= 15 is 0 Å². The van der Waals surface area contributed by atoms with Gasteiger partial charge in [0, 0.05) is 19.6 Å². The third-order valence-corrected chi connectivity index (χ3v) is 3.92. The monoisotopic (exact) mass is 278 g/mol. The van der Waals surface area contributed by atoms with Gasteiger partial charge in [-0.15, -0.1) is 0 Å². The molecule has 0 aromatic heterocycles. The molecule has 1 aliphatic rings. The highest BCUT2D eigenvalue weighted by Crippen LogP contribution is 2.33. The zero-order valence-corrected chi connectivity index (χ0v) is 13.0. The standard InChI is InChI=1S/C16H26N2O2/c1-12(9-17-2)10-18-6-5-13-7-15(19-3)16(20-4)8-14(13)11-18/h7-8,12,17H,5-6,9-11H2,1-4H3. The molecular formula is C16H26N2O2. The highest BCUT2D eigenvalue weighted by molar-refractivity contribution is 5.48. The van der Waals surface area contributed by atoms with Crippen LogP contribution in [0.25, 0.3) is 0 Å². The summed E-state index contributed by atoms with van der Waals surface area (Å²) in [6.45, 7) is 6.62. The van der Waals surface area contributed by atoms with Crippen molar-refractivity contribution in [3.05, 3.63) is 23.3 Å². The van der Waals surface area contributed by atoms with Crippen LogP contribution in [0.4, 0.5) is 0 Å². The van der Waals surface area contributed by atoms with Gasteiger partial charge < -0.3 is 14.8 Å². The van der Waals surface area contributed by atoms with E-state index in [2.05, 4.69) is 29.3 Å². The minimum absolute atomic E-state index is 0.668. The van der Waals surface area contributed by atoms with Gasteiger partial charge in [0.1, 0.15) is 0 Å². The Morgan fingerprint density at radius 1 is 1.20 bits per heavy atom. The van der Waals surface area contributed by atoms with Crippen LogP contribution in [-0.2, 0) is 13.0 Å². The van der Waals surface area contributed by atoms with Crippen LogP contribution < -0.4 is 14.8 Å². The fraction of sp³-hybridized carbons (Fsp3) is 0.625. The van der Waals surface area contributed by atoms with Crippen molar-refractivity contribution in [2.45, 2.75) is 19.9 Å². The van der Waals surface area contributed by atoms with Crippen molar-refractivity contribution < 1.29 is 9.47 Å². The molecule has 1 unspecified atom stereocenters. The lowest BCUT2D eigenvalue weighted by Crippen LogP contribution is -2.36. The van der Waals surface area contributed by atoms with Gasteiger partial charge in [-0.3, -0.25) is 4.90 Å². The average Bonchev–Trinajstić information content (AvgIpc) is 2.45. The van der Waals surface area contributed by atoms with Crippen LogP contribution in [-0.4, -0.2) is 45.8 Å². The van der Waals surface area contributed by atoms with Gasteiger partial charge in [0.15, 0.2) is 11.5 Å². The third-order valence-electron chi connectivity index (χ3n) is 3.92. The zero-order chi connectivity index (χ0) is 14.5. The van der Waals surface area contributed by atoms with Gasteiger partial charge in [0.25, 0.3) is 0 Å². The van der Waals surface area contributed by atoms with Crippen LogP contribution in [0.3, 0.4) is 0 Å². The average molecular weight is 278 g/mol. The molecule has 1 heterocycles. The lowest BCUT2D eigenvalue weighted by molar-refractivity contribution is 0.218. The van der Waals surface area contributed by atoms with E-state index in [9.17, 15) is 0 Å². The van der Waals surface area contributed by atoms with Crippen LogP contribution in [0.2, 0.25) is 0 Å². The first kappa shape index (κ1) is 15.1. The summed E-state index contributed by atoms with van der Waals surface area (Å²) in [7, 11) is 5.40. The molecule has 0 amide bonds. The normalized spacial score (nSPS) is 16.6. The summed E-state index contributed by atoms with van der Waals surface area (Å²) in [4.78, 5) is 2.52. The lowest BCUT2D eigenvalue weighted by Gasteiger charge is -2.31. The number of nitrogens with zero attached hydrogens (tertiary/aromatic N) is 1. The number of methoxy groups -OCH3 is 2.